The van der Waals surface area contributed by atoms with Crippen molar-refractivity contribution in [3.63, 3.8) is 0 Å². The predicted molar refractivity (Wildman–Crippen MR) is 107 cm³/mol. The maximum atomic E-state index is 12.6. The molecule has 1 N–H and O–H groups in total. The van der Waals surface area contributed by atoms with E-state index in [9.17, 15) is 14.4 Å². The van der Waals surface area contributed by atoms with E-state index >= 15 is 0 Å². The van der Waals surface area contributed by atoms with Gasteiger partial charge in [-0.2, -0.15) is 0 Å². The number of nitrogens with one attached hydrogen (secondary N) is 1. The Kier molecular flexibility index (Phi) is 7.43. The second-order valence-electron chi connectivity index (χ2n) is 6.36. The van der Waals surface area contributed by atoms with Crippen molar-refractivity contribution < 1.29 is 23.9 Å². The first-order chi connectivity index (χ1) is 12.8. The fraction of sp³-hybridized carbons (Fsp3) is 0.556. The van der Waals surface area contributed by atoms with Crippen molar-refractivity contribution in [2.24, 2.45) is 0 Å². The van der Waals surface area contributed by atoms with Crippen molar-refractivity contribution in [1.82, 2.24) is 9.88 Å². The number of aromatic nitrogens is 1. The standard InChI is InChI=1S/C18H24N2O5S2/c1-10-14(17(23)24-4)11(2)19-15(10)16(22)12(3)25-13(21)9-27-18(26)20-7-5-6-8-20/h12,19H,5-9H2,1-4H3/t12-/m0/s1. The van der Waals surface area contributed by atoms with Crippen LogP contribution in [0.4, 0.5) is 0 Å². The Morgan fingerprint density at radius 1 is 1.26 bits per heavy atom. The van der Waals surface area contributed by atoms with Crippen LogP contribution in [-0.2, 0) is 14.3 Å². The summed E-state index contributed by atoms with van der Waals surface area (Å²) in [5.41, 5.74) is 1.59. The maximum Gasteiger partial charge on any atom is 0.339 e. The molecule has 1 atom stereocenters. The van der Waals surface area contributed by atoms with Crippen molar-refractivity contribution in [3.05, 3.63) is 22.5 Å². The number of thioether (sulfide) groups is 1. The molecule has 148 valence electrons. The first-order valence-electron chi connectivity index (χ1n) is 8.69. The van der Waals surface area contributed by atoms with E-state index in [1.807, 2.05) is 0 Å². The molecule has 0 aromatic carbocycles. The van der Waals surface area contributed by atoms with Gasteiger partial charge in [0.2, 0.25) is 5.78 Å². The number of ether oxygens (including phenoxy) is 2. The molecular weight excluding hydrogens is 388 g/mol. The fourth-order valence-electron chi connectivity index (χ4n) is 3.00. The van der Waals surface area contributed by atoms with Gasteiger partial charge in [0.15, 0.2) is 6.10 Å². The van der Waals surface area contributed by atoms with Crippen LogP contribution in [0.5, 0.6) is 0 Å². The van der Waals surface area contributed by atoms with Gasteiger partial charge in [-0.3, -0.25) is 9.59 Å². The van der Waals surface area contributed by atoms with Gasteiger partial charge >= 0.3 is 11.9 Å². The van der Waals surface area contributed by atoms with Gasteiger partial charge in [0.05, 0.1) is 24.1 Å². The second-order valence-corrected chi connectivity index (χ2v) is 7.97. The van der Waals surface area contributed by atoms with E-state index in [1.54, 1.807) is 13.8 Å². The molecular formula is C18H24N2O5S2. The number of hydrogen-bond donors (Lipinski definition) is 1. The Bertz CT molecular complexity index is 753. The van der Waals surface area contributed by atoms with Crippen molar-refractivity contribution in [2.75, 3.05) is 26.0 Å². The lowest BCUT2D eigenvalue weighted by Gasteiger charge is -2.17. The molecule has 7 nitrogen and oxygen atoms in total. The summed E-state index contributed by atoms with van der Waals surface area (Å²) in [4.78, 5) is 41.5. The van der Waals surface area contributed by atoms with Gasteiger partial charge in [-0.05, 0) is 39.2 Å². The third kappa shape index (κ3) is 5.10. The van der Waals surface area contributed by atoms with Crippen molar-refractivity contribution in [2.45, 2.75) is 39.7 Å². The summed E-state index contributed by atoms with van der Waals surface area (Å²) in [5, 5.41) is 0. The molecule has 0 radical (unpaired) electrons. The maximum absolute atomic E-state index is 12.6. The number of aryl methyl sites for hydroxylation is 1. The van der Waals surface area contributed by atoms with Gasteiger partial charge in [0, 0.05) is 18.8 Å². The van der Waals surface area contributed by atoms with Gasteiger partial charge in [-0.15, -0.1) is 0 Å². The highest BCUT2D eigenvalue weighted by atomic mass is 32.2. The Hall–Kier alpha value is -1.87. The van der Waals surface area contributed by atoms with E-state index in [-0.39, 0.29) is 11.4 Å². The minimum atomic E-state index is -0.972. The molecule has 0 spiro atoms. The number of rotatable bonds is 6. The average Bonchev–Trinajstić information content (AvgIpc) is 3.26. The van der Waals surface area contributed by atoms with Crippen LogP contribution < -0.4 is 0 Å². The number of methoxy groups -OCH3 is 1. The summed E-state index contributed by atoms with van der Waals surface area (Å²) in [6.07, 6.45) is 1.25. The van der Waals surface area contributed by atoms with E-state index in [4.69, 9.17) is 21.7 Å². The molecule has 2 rings (SSSR count). The number of carbonyl (C=O) groups excluding carboxylic acids is 3. The number of nitrogens with zero attached hydrogens (tertiary/aromatic N) is 1. The number of aromatic amines is 1. The Labute approximate surface area is 168 Å². The van der Waals surface area contributed by atoms with Crippen LogP contribution in [0, 0.1) is 13.8 Å². The third-order valence-electron chi connectivity index (χ3n) is 4.43. The van der Waals surface area contributed by atoms with E-state index in [1.165, 1.54) is 25.8 Å². The summed E-state index contributed by atoms with van der Waals surface area (Å²) in [6, 6.07) is 0. The van der Waals surface area contributed by atoms with Crippen molar-refractivity contribution >= 4 is 46.0 Å². The van der Waals surface area contributed by atoms with Crippen molar-refractivity contribution in [1.29, 1.82) is 0 Å². The number of carbonyl (C=O) groups is 3. The van der Waals surface area contributed by atoms with Crippen LogP contribution in [0.3, 0.4) is 0 Å². The summed E-state index contributed by atoms with van der Waals surface area (Å²) in [6.45, 7) is 6.69. The van der Waals surface area contributed by atoms with E-state index in [0.717, 1.165) is 25.9 Å². The molecule has 0 saturated carbocycles. The summed E-state index contributed by atoms with van der Waals surface area (Å²) in [7, 11) is 1.28. The van der Waals surface area contributed by atoms with Gasteiger partial charge in [-0.25, -0.2) is 4.79 Å². The van der Waals surface area contributed by atoms with Crippen LogP contribution in [0.1, 0.15) is 51.9 Å². The number of Topliss-reactive ketones (excluding diaryl/α,β-unsaturated/α-hetero) is 1. The largest absolute Gasteiger partial charge is 0.465 e. The molecule has 0 amide bonds. The van der Waals surface area contributed by atoms with Gasteiger partial charge in [0.25, 0.3) is 0 Å². The lowest BCUT2D eigenvalue weighted by Crippen LogP contribution is -2.28. The van der Waals surface area contributed by atoms with Gasteiger partial charge in [-0.1, -0.05) is 24.0 Å². The lowest BCUT2D eigenvalue weighted by molar-refractivity contribution is -0.143. The highest BCUT2D eigenvalue weighted by Crippen LogP contribution is 2.21. The molecule has 0 unspecified atom stereocenters. The first kappa shape index (κ1) is 21.4. The SMILES string of the molecule is COC(=O)c1c(C)[nH]c(C(=O)[C@H](C)OC(=O)CSC(=S)N2CCCC2)c1C. The van der Waals surface area contributed by atoms with E-state index < -0.39 is 23.8 Å². The highest BCUT2D eigenvalue weighted by Gasteiger charge is 2.27. The molecule has 1 aromatic rings. The van der Waals surface area contributed by atoms with Crippen LogP contribution in [0.15, 0.2) is 0 Å². The predicted octanol–water partition coefficient (Wildman–Crippen LogP) is 2.65. The zero-order valence-electron chi connectivity index (χ0n) is 15.9. The van der Waals surface area contributed by atoms with Crippen molar-refractivity contribution in [3.8, 4) is 0 Å². The Morgan fingerprint density at radius 3 is 2.48 bits per heavy atom. The number of ketones is 1. The second kappa shape index (κ2) is 9.36. The lowest BCUT2D eigenvalue weighted by atomic mass is 10.1. The highest BCUT2D eigenvalue weighted by molar-refractivity contribution is 8.23. The summed E-state index contributed by atoms with van der Waals surface area (Å²) >= 11 is 6.56. The molecule has 1 fully saturated rings. The minimum absolute atomic E-state index is 0.0586. The number of H-pyrrole nitrogens is 1. The Balaban J connectivity index is 1.94. The quantitative estimate of drug-likeness (QED) is 0.433. The summed E-state index contributed by atoms with van der Waals surface area (Å²) in [5.74, 6) is -1.36. The number of hydrogen-bond acceptors (Lipinski definition) is 7. The number of esters is 2. The monoisotopic (exact) mass is 412 g/mol. The summed E-state index contributed by atoms with van der Waals surface area (Å²) < 4.78 is 10.7. The number of likely N-dealkylation sites (tertiary alicyclic amines) is 1. The zero-order chi connectivity index (χ0) is 20.1. The molecule has 1 aliphatic heterocycles. The molecule has 0 bridgehead atoms. The molecule has 0 aliphatic carbocycles. The molecule has 1 aliphatic rings. The molecule has 1 saturated heterocycles. The van der Waals surface area contributed by atoms with Gasteiger partial charge in [0.1, 0.15) is 4.32 Å². The first-order valence-corrected chi connectivity index (χ1v) is 10.1. The minimum Gasteiger partial charge on any atom is -0.465 e. The van der Waals surface area contributed by atoms with Gasteiger partial charge < -0.3 is 19.4 Å². The van der Waals surface area contributed by atoms with Crippen LogP contribution >= 0.6 is 24.0 Å². The number of thiocarbonyl (C=S) groups is 1. The van der Waals surface area contributed by atoms with E-state index in [2.05, 4.69) is 9.88 Å². The van der Waals surface area contributed by atoms with Crippen LogP contribution in [0.2, 0.25) is 0 Å². The molecule has 2 heterocycles. The van der Waals surface area contributed by atoms with Crippen LogP contribution in [-0.4, -0.2) is 64.0 Å². The topological polar surface area (TPSA) is 88.7 Å². The zero-order valence-corrected chi connectivity index (χ0v) is 17.6. The molecule has 1 aromatic heterocycles. The van der Waals surface area contributed by atoms with E-state index in [0.29, 0.717) is 21.1 Å². The smallest absolute Gasteiger partial charge is 0.339 e. The Morgan fingerprint density at radius 2 is 1.89 bits per heavy atom. The average molecular weight is 413 g/mol. The van der Waals surface area contributed by atoms with Crippen LogP contribution in [0.25, 0.3) is 0 Å². The normalized spacial score (nSPS) is 14.7. The molecule has 27 heavy (non-hydrogen) atoms. The third-order valence-corrected chi connectivity index (χ3v) is 5.93. The fourth-order valence-corrected chi connectivity index (χ4v) is 4.04. The molecule has 9 heteroatoms.